The highest BCUT2D eigenvalue weighted by Crippen LogP contribution is 2.63. The van der Waals surface area contributed by atoms with E-state index in [1.165, 1.54) is 5.56 Å². The van der Waals surface area contributed by atoms with Crippen LogP contribution in [0.15, 0.2) is 83.9 Å². The van der Waals surface area contributed by atoms with Gasteiger partial charge in [-0.2, -0.15) is 0 Å². The number of aliphatic imine (C=N–C) groups is 1. The van der Waals surface area contributed by atoms with Crippen molar-refractivity contribution in [1.82, 2.24) is 0 Å². The highest BCUT2D eigenvalue weighted by atomic mass is 16.1. The van der Waals surface area contributed by atoms with Crippen LogP contribution in [0.4, 0.5) is 11.4 Å². The molecule has 3 aromatic rings. The molecule has 3 aromatic carbocycles. The Morgan fingerprint density at radius 1 is 0.931 bits per heavy atom. The standard InChI is InChI=1S/C25H19N3O/c29-21-17-10-4-7-13-20(17)28-23-24(18-11-5-6-12-19(18)27-23)14-15-26-22(24)25(21,28)16-8-2-1-3-9-16/h1-13,23,27H,14-15H2/t23-,24+,25+/m0/s1. The minimum atomic E-state index is -0.868. The second-order valence-corrected chi connectivity index (χ2v) is 8.34. The lowest BCUT2D eigenvalue weighted by atomic mass is 9.69. The van der Waals surface area contributed by atoms with Gasteiger partial charge in [-0.3, -0.25) is 9.79 Å². The molecule has 29 heavy (non-hydrogen) atoms. The van der Waals surface area contributed by atoms with Gasteiger partial charge in [0, 0.05) is 17.8 Å². The van der Waals surface area contributed by atoms with Crippen molar-refractivity contribution in [2.24, 2.45) is 4.99 Å². The van der Waals surface area contributed by atoms with Crippen molar-refractivity contribution in [3.8, 4) is 0 Å². The van der Waals surface area contributed by atoms with Gasteiger partial charge in [-0.25, -0.2) is 0 Å². The van der Waals surface area contributed by atoms with Crippen LogP contribution in [-0.2, 0) is 11.0 Å². The maximum Gasteiger partial charge on any atom is 0.201 e. The van der Waals surface area contributed by atoms with Crippen LogP contribution >= 0.6 is 0 Å². The second kappa shape index (κ2) is 4.95. The Bertz CT molecular complexity index is 1230. The highest BCUT2D eigenvalue weighted by Gasteiger charge is 2.74. The predicted molar refractivity (Wildman–Crippen MR) is 114 cm³/mol. The Hall–Kier alpha value is -3.40. The van der Waals surface area contributed by atoms with E-state index < -0.39 is 5.54 Å². The first kappa shape index (κ1) is 15.5. The van der Waals surface area contributed by atoms with E-state index in [1.54, 1.807) is 0 Å². The fraction of sp³-hybridized carbons (Fsp3) is 0.200. The monoisotopic (exact) mass is 377 g/mol. The zero-order valence-corrected chi connectivity index (χ0v) is 15.8. The van der Waals surface area contributed by atoms with Crippen molar-refractivity contribution in [3.63, 3.8) is 0 Å². The van der Waals surface area contributed by atoms with E-state index in [4.69, 9.17) is 4.99 Å². The van der Waals surface area contributed by atoms with Crippen molar-refractivity contribution < 1.29 is 4.79 Å². The summed E-state index contributed by atoms with van der Waals surface area (Å²) < 4.78 is 0. The lowest BCUT2D eigenvalue weighted by Gasteiger charge is -2.36. The molecular weight excluding hydrogens is 358 g/mol. The zero-order valence-electron chi connectivity index (χ0n) is 15.8. The lowest BCUT2D eigenvalue weighted by Crippen LogP contribution is -2.51. The number of carbonyl (C=O) groups excluding carboxylic acids is 1. The van der Waals surface area contributed by atoms with Crippen LogP contribution in [0.2, 0.25) is 0 Å². The van der Waals surface area contributed by atoms with Gasteiger partial charge < -0.3 is 10.2 Å². The van der Waals surface area contributed by atoms with Crippen molar-refractivity contribution in [1.29, 1.82) is 0 Å². The molecule has 0 aromatic heterocycles. The molecular formula is C25H19N3O. The van der Waals surface area contributed by atoms with E-state index in [-0.39, 0.29) is 17.4 Å². The van der Waals surface area contributed by atoms with Crippen molar-refractivity contribution in [2.45, 2.75) is 23.5 Å². The molecule has 4 heterocycles. The van der Waals surface area contributed by atoms with Gasteiger partial charge >= 0.3 is 0 Å². The first-order valence-electron chi connectivity index (χ1n) is 10.2. The molecule has 1 saturated heterocycles. The third-order valence-electron chi connectivity index (χ3n) is 7.26. The molecule has 0 radical (unpaired) electrons. The number of benzene rings is 3. The van der Waals surface area contributed by atoms with E-state index in [2.05, 4.69) is 52.7 Å². The zero-order chi connectivity index (χ0) is 19.2. The number of carbonyl (C=O) groups is 1. The Morgan fingerprint density at radius 2 is 1.69 bits per heavy atom. The van der Waals surface area contributed by atoms with E-state index in [1.807, 2.05) is 36.4 Å². The lowest BCUT2D eigenvalue weighted by molar-refractivity contribution is 0.0945. The van der Waals surface area contributed by atoms with E-state index in [0.29, 0.717) is 0 Å². The third kappa shape index (κ3) is 1.50. The molecule has 1 fully saturated rings. The van der Waals surface area contributed by atoms with Crippen molar-refractivity contribution >= 4 is 22.9 Å². The Kier molecular flexibility index (Phi) is 2.65. The SMILES string of the molecule is O=C1c2ccccc2N2[C@@H]3Nc4ccccc4[C@@]34CCN=C4[C@@]12c1ccccc1. The summed E-state index contributed by atoms with van der Waals surface area (Å²) in [5.74, 6) is 0.146. The molecule has 4 heteroatoms. The van der Waals surface area contributed by atoms with Gasteiger partial charge in [-0.05, 0) is 35.7 Å². The minimum Gasteiger partial charge on any atom is -0.364 e. The third-order valence-corrected chi connectivity index (χ3v) is 7.26. The quantitative estimate of drug-likeness (QED) is 0.693. The fourth-order valence-electron chi connectivity index (χ4n) is 6.27. The number of anilines is 2. The number of Topliss-reactive ketones (excluding diaryl/α,β-unsaturated/α-hetero) is 1. The summed E-state index contributed by atoms with van der Waals surface area (Å²) >= 11 is 0. The van der Waals surface area contributed by atoms with Gasteiger partial charge in [0.2, 0.25) is 5.78 Å². The molecule has 7 rings (SSSR count). The minimum absolute atomic E-state index is 0.0195. The summed E-state index contributed by atoms with van der Waals surface area (Å²) in [5, 5.41) is 3.78. The molecule has 0 saturated carbocycles. The van der Waals surface area contributed by atoms with Gasteiger partial charge in [0.25, 0.3) is 0 Å². The topological polar surface area (TPSA) is 44.7 Å². The van der Waals surface area contributed by atoms with Crippen molar-refractivity contribution in [3.05, 3.63) is 95.6 Å². The summed E-state index contributed by atoms with van der Waals surface area (Å²) in [7, 11) is 0. The molecule has 0 amide bonds. The van der Waals surface area contributed by atoms with Crippen LogP contribution < -0.4 is 10.2 Å². The summed E-state index contributed by atoms with van der Waals surface area (Å²) in [6.45, 7) is 0.758. The number of nitrogens with one attached hydrogen (secondary N) is 1. The van der Waals surface area contributed by atoms with E-state index in [9.17, 15) is 4.79 Å². The Morgan fingerprint density at radius 3 is 2.59 bits per heavy atom. The summed E-state index contributed by atoms with van der Waals surface area (Å²) in [5.41, 5.74) is 5.11. The van der Waals surface area contributed by atoms with Crippen molar-refractivity contribution in [2.75, 3.05) is 16.8 Å². The van der Waals surface area contributed by atoms with E-state index >= 15 is 0 Å². The maximum atomic E-state index is 14.1. The second-order valence-electron chi connectivity index (χ2n) is 8.34. The molecule has 4 aliphatic rings. The van der Waals surface area contributed by atoms with Crippen LogP contribution in [0.3, 0.4) is 0 Å². The van der Waals surface area contributed by atoms with Gasteiger partial charge in [-0.15, -0.1) is 0 Å². The Labute approximate surface area is 168 Å². The first-order valence-corrected chi connectivity index (χ1v) is 10.2. The van der Waals surface area contributed by atoms with Crippen LogP contribution in [0, 0.1) is 0 Å². The van der Waals surface area contributed by atoms with E-state index in [0.717, 1.165) is 41.2 Å². The molecule has 0 bridgehead atoms. The number of ketones is 1. The van der Waals surface area contributed by atoms with Gasteiger partial charge in [0.15, 0.2) is 5.54 Å². The van der Waals surface area contributed by atoms with Crippen LogP contribution in [0.5, 0.6) is 0 Å². The van der Waals surface area contributed by atoms with Crippen LogP contribution in [0.1, 0.15) is 27.9 Å². The number of para-hydroxylation sites is 2. The molecule has 0 aliphatic carbocycles. The van der Waals surface area contributed by atoms with Gasteiger partial charge in [0.1, 0.15) is 6.17 Å². The number of rotatable bonds is 1. The molecule has 1 spiro atoms. The summed E-state index contributed by atoms with van der Waals surface area (Å²) in [6.07, 6.45) is 0.909. The van der Waals surface area contributed by atoms with Gasteiger partial charge in [-0.1, -0.05) is 60.7 Å². The summed E-state index contributed by atoms with van der Waals surface area (Å²) in [4.78, 5) is 21.5. The molecule has 0 unspecified atom stereocenters. The normalized spacial score (nSPS) is 30.2. The smallest absolute Gasteiger partial charge is 0.201 e. The molecule has 3 atom stereocenters. The number of hydrogen-bond acceptors (Lipinski definition) is 4. The Balaban J connectivity index is 1.61. The maximum absolute atomic E-state index is 14.1. The molecule has 4 nitrogen and oxygen atoms in total. The number of hydrogen-bond donors (Lipinski definition) is 1. The number of nitrogens with zero attached hydrogens (tertiary/aromatic N) is 2. The average Bonchev–Trinajstić information content (AvgIpc) is 3.46. The largest absolute Gasteiger partial charge is 0.364 e. The summed E-state index contributed by atoms with van der Waals surface area (Å²) in [6, 6.07) is 26.8. The fourth-order valence-corrected chi connectivity index (χ4v) is 6.27. The van der Waals surface area contributed by atoms with Crippen LogP contribution in [0.25, 0.3) is 0 Å². The predicted octanol–water partition coefficient (Wildman–Crippen LogP) is 4.13. The highest BCUT2D eigenvalue weighted by molar-refractivity contribution is 6.33. The molecule has 140 valence electrons. The molecule has 1 N–H and O–H groups in total. The average molecular weight is 377 g/mol. The van der Waals surface area contributed by atoms with Crippen LogP contribution in [-0.4, -0.2) is 24.2 Å². The van der Waals surface area contributed by atoms with Gasteiger partial charge in [0.05, 0.1) is 16.8 Å². The molecule has 4 aliphatic heterocycles. The first-order chi connectivity index (χ1) is 14.3. The number of fused-ring (bicyclic) bond motifs is 6.